The highest BCUT2D eigenvalue weighted by Crippen LogP contribution is 2.25. The van der Waals surface area contributed by atoms with Crippen molar-refractivity contribution in [3.8, 4) is 0 Å². The van der Waals surface area contributed by atoms with Gasteiger partial charge in [-0.15, -0.1) is 0 Å². The number of likely N-dealkylation sites (tertiary alicyclic amines) is 1. The molecule has 0 bridgehead atoms. The Bertz CT molecular complexity index is 111. The number of nitrogens with one attached hydrogen (secondary N) is 1. The summed E-state index contributed by atoms with van der Waals surface area (Å²) in [6, 6.07) is 0. The summed E-state index contributed by atoms with van der Waals surface area (Å²) in [6.45, 7) is 6.06. The molecule has 1 N–H and O–H groups in total. The van der Waals surface area contributed by atoms with Crippen LogP contribution < -0.4 is 5.32 Å². The largest absolute Gasteiger partial charge is 0.319 e. The van der Waals surface area contributed by atoms with Crippen molar-refractivity contribution in [1.29, 1.82) is 0 Å². The summed E-state index contributed by atoms with van der Waals surface area (Å²) in [7, 11) is 4.29. The smallest absolute Gasteiger partial charge is 0.00220 e. The minimum absolute atomic E-state index is 0.889. The molecule has 1 fully saturated rings. The van der Waals surface area contributed by atoms with Gasteiger partial charge in [-0.3, -0.25) is 0 Å². The van der Waals surface area contributed by atoms with Crippen molar-refractivity contribution in [2.75, 3.05) is 33.7 Å². The predicted molar refractivity (Wildman–Crippen MR) is 53.3 cm³/mol. The molecule has 0 amide bonds. The summed E-state index contributed by atoms with van der Waals surface area (Å²) in [5.74, 6) is 1.83. The minimum atomic E-state index is 0.889. The average molecular weight is 170 g/mol. The Morgan fingerprint density at radius 2 is 2.00 bits per heavy atom. The molecule has 1 heterocycles. The fourth-order valence-electron chi connectivity index (χ4n) is 2.36. The molecule has 72 valence electrons. The molecule has 0 aromatic carbocycles. The van der Waals surface area contributed by atoms with Gasteiger partial charge in [0.25, 0.3) is 0 Å². The van der Waals surface area contributed by atoms with Gasteiger partial charge in [-0.1, -0.05) is 13.3 Å². The Balaban J connectivity index is 2.36. The van der Waals surface area contributed by atoms with Crippen molar-refractivity contribution in [2.24, 2.45) is 11.8 Å². The number of rotatable bonds is 4. The first-order valence-corrected chi connectivity index (χ1v) is 5.11. The van der Waals surface area contributed by atoms with Crippen molar-refractivity contribution < 1.29 is 0 Å². The van der Waals surface area contributed by atoms with E-state index in [9.17, 15) is 0 Å². The molecule has 2 heteroatoms. The molecule has 1 saturated heterocycles. The van der Waals surface area contributed by atoms with Crippen LogP contribution in [0.15, 0.2) is 0 Å². The quantitative estimate of drug-likeness (QED) is 0.681. The Labute approximate surface area is 76.3 Å². The molecule has 12 heavy (non-hydrogen) atoms. The van der Waals surface area contributed by atoms with Crippen LogP contribution in [0.4, 0.5) is 0 Å². The van der Waals surface area contributed by atoms with E-state index in [1.54, 1.807) is 0 Å². The molecule has 1 aliphatic rings. The molecule has 0 saturated carbocycles. The van der Waals surface area contributed by atoms with E-state index in [-0.39, 0.29) is 0 Å². The molecule has 0 aromatic rings. The topological polar surface area (TPSA) is 15.3 Å². The van der Waals surface area contributed by atoms with Gasteiger partial charge in [0.2, 0.25) is 0 Å². The van der Waals surface area contributed by atoms with Crippen molar-refractivity contribution in [1.82, 2.24) is 10.2 Å². The van der Waals surface area contributed by atoms with Crippen molar-refractivity contribution >= 4 is 0 Å². The summed E-state index contributed by atoms with van der Waals surface area (Å²) >= 11 is 0. The highest BCUT2D eigenvalue weighted by molar-refractivity contribution is 4.82. The van der Waals surface area contributed by atoms with E-state index in [4.69, 9.17) is 0 Å². The van der Waals surface area contributed by atoms with Gasteiger partial charge in [0.1, 0.15) is 0 Å². The second-order valence-corrected chi connectivity index (χ2v) is 4.09. The Morgan fingerprint density at radius 1 is 1.33 bits per heavy atom. The normalized spacial score (nSPS) is 31.2. The Kier molecular flexibility index (Phi) is 4.02. The van der Waals surface area contributed by atoms with Crippen LogP contribution in [0.2, 0.25) is 0 Å². The lowest BCUT2D eigenvalue weighted by atomic mass is 9.92. The third-order valence-corrected chi connectivity index (χ3v) is 2.88. The zero-order valence-electron chi connectivity index (χ0n) is 8.64. The number of hydrogen-bond acceptors (Lipinski definition) is 2. The van der Waals surface area contributed by atoms with Crippen LogP contribution >= 0.6 is 0 Å². The molecule has 1 rings (SSSR count). The molecule has 2 unspecified atom stereocenters. The van der Waals surface area contributed by atoms with Gasteiger partial charge in [-0.25, -0.2) is 0 Å². The van der Waals surface area contributed by atoms with Crippen LogP contribution in [0, 0.1) is 11.8 Å². The molecule has 2 atom stereocenters. The maximum atomic E-state index is 3.29. The summed E-state index contributed by atoms with van der Waals surface area (Å²) in [6.07, 6.45) is 2.73. The summed E-state index contributed by atoms with van der Waals surface area (Å²) in [5, 5.41) is 3.29. The molecule has 2 nitrogen and oxygen atoms in total. The highest BCUT2D eigenvalue weighted by atomic mass is 15.1. The van der Waals surface area contributed by atoms with Crippen LogP contribution in [0.1, 0.15) is 19.8 Å². The predicted octanol–water partition coefficient (Wildman–Crippen LogP) is 1.18. The number of hydrogen-bond donors (Lipinski definition) is 1. The molecular weight excluding hydrogens is 148 g/mol. The van der Waals surface area contributed by atoms with E-state index < -0.39 is 0 Å². The van der Waals surface area contributed by atoms with E-state index in [0.29, 0.717) is 0 Å². The zero-order chi connectivity index (χ0) is 8.97. The lowest BCUT2D eigenvalue weighted by Gasteiger charge is -2.16. The third-order valence-electron chi connectivity index (χ3n) is 2.88. The molecule has 0 spiro atoms. The first-order chi connectivity index (χ1) is 5.77. The summed E-state index contributed by atoms with van der Waals surface area (Å²) in [4.78, 5) is 2.46. The van der Waals surface area contributed by atoms with E-state index >= 15 is 0 Å². The fraction of sp³-hybridized carbons (Fsp3) is 1.00. The van der Waals surface area contributed by atoms with Gasteiger partial charge in [0.15, 0.2) is 0 Å². The van der Waals surface area contributed by atoms with Crippen molar-refractivity contribution in [3.05, 3.63) is 0 Å². The van der Waals surface area contributed by atoms with Gasteiger partial charge >= 0.3 is 0 Å². The van der Waals surface area contributed by atoms with Crippen molar-refractivity contribution in [3.63, 3.8) is 0 Å². The minimum Gasteiger partial charge on any atom is -0.319 e. The molecule has 0 aromatic heterocycles. The van der Waals surface area contributed by atoms with Crippen LogP contribution in [-0.4, -0.2) is 38.6 Å². The Hall–Kier alpha value is -0.0800. The average Bonchev–Trinajstić information content (AvgIpc) is 2.33. The standard InChI is InChI=1S/C10H22N2/c1-4-5-9-7-12(3)8-10(9)6-11-2/h9-11H,4-8H2,1-3H3. The van der Waals surface area contributed by atoms with E-state index in [1.165, 1.54) is 32.5 Å². The van der Waals surface area contributed by atoms with Crippen LogP contribution in [0.5, 0.6) is 0 Å². The maximum absolute atomic E-state index is 3.29. The molecule has 1 aliphatic heterocycles. The maximum Gasteiger partial charge on any atom is 0.00220 e. The lowest BCUT2D eigenvalue weighted by molar-refractivity contribution is 0.378. The van der Waals surface area contributed by atoms with Crippen LogP contribution in [0.25, 0.3) is 0 Å². The highest BCUT2D eigenvalue weighted by Gasteiger charge is 2.28. The molecule has 0 radical (unpaired) electrons. The number of nitrogens with zero attached hydrogens (tertiary/aromatic N) is 1. The van der Waals surface area contributed by atoms with Crippen molar-refractivity contribution in [2.45, 2.75) is 19.8 Å². The van der Waals surface area contributed by atoms with Gasteiger partial charge < -0.3 is 10.2 Å². The monoisotopic (exact) mass is 170 g/mol. The first kappa shape index (κ1) is 10.0. The van der Waals surface area contributed by atoms with Gasteiger partial charge in [0, 0.05) is 13.1 Å². The fourth-order valence-corrected chi connectivity index (χ4v) is 2.36. The van der Waals surface area contributed by atoms with Crippen LogP contribution in [0.3, 0.4) is 0 Å². The third kappa shape index (κ3) is 2.46. The SMILES string of the molecule is CCCC1CN(C)CC1CNC. The summed E-state index contributed by atoms with van der Waals surface area (Å²) in [5.41, 5.74) is 0. The van der Waals surface area contributed by atoms with E-state index in [0.717, 1.165) is 11.8 Å². The van der Waals surface area contributed by atoms with Crippen LogP contribution in [-0.2, 0) is 0 Å². The van der Waals surface area contributed by atoms with E-state index in [1.807, 2.05) is 0 Å². The van der Waals surface area contributed by atoms with Gasteiger partial charge in [-0.2, -0.15) is 0 Å². The second-order valence-electron chi connectivity index (χ2n) is 4.09. The van der Waals surface area contributed by atoms with Gasteiger partial charge in [0.05, 0.1) is 0 Å². The summed E-state index contributed by atoms with van der Waals surface area (Å²) < 4.78 is 0. The zero-order valence-corrected chi connectivity index (χ0v) is 8.64. The molecule has 0 aliphatic carbocycles. The lowest BCUT2D eigenvalue weighted by Crippen LogP contribution is -2.25. The van der Waals surface area contributed by atoms with E-state index in [2.05, 4.69) is 31.2 Å². The Morgan fingerprint density at radius 3 is 2.58 bits per heavy atom. The molecular formula is C10H22N2. The van der Waals surface area contributed by atoms with Gasteiger partial charge in [-0.05, 0) is 38.9 Å². The first-order valence-electron chi connectivity index (χ1n) is 5.11. The second kappa shape index (κ2) is 4.83.